The molecule has 1 saturated heterocycles. The quantitative estimate of drug-likeness (QED) is 0.720. The van der Waals surface area contributed by atoms with Crippen molar-refractivity contribution in [3.8, 4) is 0 Å². The summed E-state index contributed by atoms with van der Waals surface area (Å²) in [4.78, 5) is 26.9. The number of amides is 2. The molecule has 2 heterocycles. The number of morpholine rings is 1. The maximum atomic E-state index is 12.6. The van der Waals surface area contributed by atoms with Gasteiger partial charge in [0.15, 0.2) is 0 Å². The molecular formula is C24H32N4O4. The number of hydrogen-bond acceptors (Lipinski definition) is 5. The zero-order valence-electron chi connectivity index (χ0n) is 18.8. The predicted molar refractivity (Wildman–Crippen MR) is 120 cm³/mol. The van der Waals surface area contributed by atoms with E-state index in [0.717, 1.165) is 18.5 Å². The lowest BCUT2D eigenvalue weighted by Crippen LogP contribution is -2.53. The standard InChI is InChI=1S/C24H32N4O4/c1-16-12-20(27(2)26-16)24(31)25-19-10-8-18(9-11-19)23(30)21-14-32-15-22(29)28(21)13-17-6-4-3-5-7-17/h8-12,17,21,23,30H,3-7,13-15H2,1-2H3,(H,25,31). The van der Waals surface area contributed by atoms with Crippen molar-refractivity contribution in [2.45, 2.75) is 51.2 Å². The summed E-state index contributed by atoms with van der Waals surface area (Å²) in [5, 5.41) is 18.1. The molecular weight excluding hydrogens is 408 g/mol. The lowest BCUT2D eigenvalue weighted by Gasteiger charge is -2.40. The van der Waals surface area contributed by atoms with Crippen LogP contribution in [0.4, 0.5) is 5.69 Å². The molecule has 0 radical (unpaired) electrons. The molecule has 0 bridgehead atoms. The Kier molecular flexibility index (Phi) is 6.91. The molecule has 2 unspecified atom stereocenters. The number of nitrogens with zero attached hydrogens (tertiary/aromatic N) is 3. The summed E-state index contributed by atoms with van der Waals surface area (Å²) in [6, 6.07) is 8.41. The third kappa shape index (κ3) is 5.02. The van der Waals surface area contributed by atoms with Crippen molar-refractivity contribution in [3.63, 3.8) is 0 Å². The van der Waals surface area contributed by atoms with Crippen LogP contribution in [0, 0.1) is 12.8 Å². The van der Waals surface area contributed by atoms with E-state index in [4.69, 9.17) is 4.74 Å². The molecule has 2 N–H and O–H groups in total. The lowest BCUT2D eigenvalue weighted by atomic mass is 9.88. The van der Waals surface area contributed by atoms with Gasteiger partial charge in [-0.05, 0) is 49.4 Å². The summed E-state index contributed by atoms with van der Waals surface area (Å²) in [6.45, 7) is 2.92. The Morgan fingerprint density at radius 3 is 2.62 bits per heavy atom. The van der Waals surface area contributed by atoms with Crippen LogP contribution in [-0.4, -0.2) is 57.4 Å². The second-order valence-electron chi connectivity index (χ2n) is 8.95. The summed E-state index contributed by atoms with van der Waals surface area (Å²) in [7, 11) is 1.73. The molecule has 2 aliphatic rings. The highest BCUT2D eigenvalue weighted by Crippen LogP contribution is 2.30. The Morgan fingerprint density at radius 2 is 1.97 bits per heavy atom. The van der Waals surface area contributed by atoms with Crippen molar-refractivity contribution in [1.29, 1.82) is 0 Å². The molecule has 4 rings (SSSR count). The largest absolute Gasteiger partial charge is 0.386 e. The molecule has 1 aliphatic heterocycles. The number of carbonyl (C=O) groups excluding carboxylic acids is 2. The Balaban J connectivity index is 1.43. The van der Waals surface area contributed by atoms with Gasteiger partial charge in [-0.3, -0.25) is 14.3 Å². The minimum absolute atomic E-state index is 0.0544. The normalized spacial score (nSPS) is 20.9. The van der Waals surface area contributed by atoms with E-state index in [-0.39, 0.29) is 18.4 Å². The van der Waals surface area contributed by atoms with Gasteiger partial charge in [0.05, 0.1) is 18.3 Å². The van der Waals surface area contributed by atoms with Crippen molar-refractivity contribution >= 4 is 17.5 Å². The fourth-order valence-corrected chi connectivity index (χ4v) is 4.78. The van der Waals surface area contributed by atoms with Crippen LogP contribution in [0.1, 0.15) is 60.0 Å². The van der Waals surface area contributed by atoms with Gasteiger partial charge in [-0.1, -0.05) is 31.4 Å². The molecule has 2 atom stereocenters. The SMILES string of the molecule is Cc1cc(C(=O)Nc2ccc(C(O)C3COCC(=O)N3CC3CCCCC3)cc2)n(C)n1. The first-order valence-corrected chi connectivity index (χ1v) is 11.4. The van der Waals surface area contributed by atoms with Gasteiger partial charge < -0.3 is 20.1 Å². The highest BCUT2D eigenvalue weighted by Gasteiger charge is 2.36. The number of anilines is 1. The molecule has 0 spiro atoms. The van der Waals surface area contributed by atoms with Crippen molar-refractivity contribution in [1.82, 2.24) is 14.7 Å². The first-order valence-electron chi connectivity index (χ1n) is 11.4. The van der Waals surface area contributed by atoms with Crippen molar-refractivity contribution < 1.29 is 19.4 Å². The third-order valence-corrected chi connectivity index (χ3v) is 6.52. The van der Waals surface area contributed by atoms with Crippen LogP contribution in [0.15, 0.2) is 30.3 Å². The number of hydrogen-bond donors (Lipinski definition) is 2. The Morgan fingerprint density at radius 1 is 1.25 bits per heavy atom. The van der Waals surface area contributed by atoms with E-state index < -0.39 is 12.1 Å². The van der Waals surface area contributed by atoms with Gasteiger partial charge in [0.1, 0.15) is 18.4 Å². The number of aryl methyl sites for hydroxylation is 2. The zero-order chi connectivity index (χ0) is 22.7. The summed E-state index contributed by atoms with van der Waals surface area (Å²) in [5.74, 6) is 0.196. The summed E-state index contributed by atoms with van der Waals surface area (Å²) >= 11 is 0. The molecule has 1 saturated carbocycles. The fraction of sp³-hybridized carbons (Fsp3) is 0.542. The van der Waals surface area contributed by atoms with E-state index in [1.807, 2.05) is 11.8 Å². The minimum Gasteiger partial charge on any atom is -0.386 e. The maximum Gasteiger partial charge on any atom is 0.273 e. The summed E-state index contributed by atoms with van der Waals surface area (Å²) < 4.78 is 7.02. The second kappa shape index (κ2) is 9.83. The van der Waals surface area contributed by atoms with Gasteiger partial charge in [0.25, 0.3) is 5.91 Å². The fourth-order valence-electron chi connectivity index (χ4n) is 4.78. The minimum atomic E-state index is -0.854. The second-order valence-corrected chi connectivity index (χ2v) is 8.95. The van der Waals surface area contributed by atoms with Gasteiger partial charge in [0, 0.05) is 19.3 Å². The number of ether oxygens (including phenoxy) is 1. The van der Waals surface area contributed by atoms with E-state index in [0.29, 0.717) is 36.0 Å². The van der Waals surface area contributed by atoms with Gasteiger partial charge in [-0.2, -0.15) is 5.10 Å². The molecule has 1 aromatic heterocycles. The van der Waals surface area contributed by atoms with Crippen LogP contribution >= 0.6 is 0 Å². The maximum absolute atomic E-state index is 12.6. The molecule has 172 valence electrons. The van der Waals surface area contributed by atoms with Gasteiger partial charge >= 0.3 is 0 Å². The van der Waals surface area contributed by atoms with Crippen LogP contribution < -0.4 is 5.32 Å². The lowest BCUT2D eigenvalue weighted by molar-refractivity contribution is -0.155. The molecule has 8 heteroatoms. The van der Waals surface area contributed by atoms with E-state index in [1.165, 1.54) is 19.3 Å². The number of benzene rings is 1. The van der Waals surface area contributed by atoms with Gasteiger partial charge in [-0.15, -0.1) is 0 Å². The van der Waals surface area contributed by atoms with Crippen molar-refractivity contribution in [2.24, 2.45) is 13.0 Å². The zero-order valence-corrected chi connectivity index (χ0v) is 18.8. The number of aliphatic hydroxyl groups excluding tert-OH is 1. The highest BCUT2D eigenvalue weighted by atomic mass is 16.5. The number of aromatic nitrogens is 2. The summed E-state index contributed by atoms with van der Waals surface area (Å²) in [5.41, 5.74) is 2.57. The molecule has 8 nitrogen and oxygen atoms in total. The molecule has 2 amide bonds. The highest BCUT2D eigenvalue weighted by molar-refractivity contribution is 6.03. The average molecular weight is 441 g/mol. The molecule has 1 aliphatic carbocycles. The smallest absolute Gasteiger partial charge is 0.273 e. The molecule has 32 heavy (non-hydrogen) atoms. The Labute approximate surface area is 188 Å². The number of rotatable bonds is 6. The molecule has 2 fully saturated rings. The number of aliphatic hydroxyl groups is 1. The first kappa shape index (κ1) is 22.5. The summed E-state index contributed by atoms with van der Waals surface area (Å²) in [6.07, 6.45) is 5.11. The van der Waals surface area contributed by atoms with E-state index in [2.05, 4.69) is 10.4 Å². The number of carbonyl (C=O) groups is 2. The van der Waals surface area contributed by atoms with Gasteiger partial charge in [0.2, 0.25) is 5.91 Å². The number of nitrogens with one attached hydrogen (secondary N) is 1. The van der Waals surface area contributed by atoms with E-state index in [9.17, 15) is 14.7 Å². The molecule has 1 aromatic carbocycles. The van der Waals surface area contributed by atoms with Crippen molar-refractivity contribution in [3.05, 3.63) is 47.3 Å². The monoisotopic (exact) mass is 440 g/mol. The van der Waals surface area contributed by atoms with Crippen LogP contribution in [0.3, 0.4) is 0 Å². The third-order valence-electron chi connectivity index (χ3n) is 6.52. The predicted octanol–water partition coefficient (Wildman–Crippen LogP) is 2.82. The molecule has 2 aromatic rings. The average Bonchev–Trinajstić information content (AvgIpc) is 3.14. The van der Waals surface area contributed by atoms with Crippen LogP contribution in [0.5, 0.6) is 0 Å². The van der Waals surface area contributed by atoms with Crippen LogP contribution in [0.2, 0.25) is 0 Å². The van der Waals surface area contributed by atoms with Crippen LogP contribution in [-0.2, 0) is 16.6 Å². The topological polar surface area (TPSA) is 96.7 Å². The first-order chi connectivity index (χ1) is 15.4. The van der Waals surface area contributed by atoms with E-state index in [1.54, 1.807) is 42.1 Å². The Hall–Kier alpha value is -2.71. The Bertz CT molecular complexity index is 949. The van der Waals surface area contributed by atoms with E-state index >= 15 is 0 Å². The van der Waals surface area contributed by atoms with Crippen molar-refractivity contribution in [2.75, 3.05) is 25.1 Å². The van der Waals surface area contributed by atoms with Gasteiger partial charge in [-0.25, -0.2) is 0 Å². The van der Waals surface area contributed by atoms with Crippen LogP contribution in [0.25, 0.3) is 0 Å².